The quantitative estimate of drug-likeness (QED) is 0.436. The Morgan fingerprint density at radius 3 is 2.29 bits per heavy atom. The van der Waals surface area contributed by atoms with E-state index in [1.54, 1.807) is 20.2 Å². The Labute approximate surface area is 203 Å². The largest absolute Gasteiger partial charge is 0.481 e. The molecule has 9 heteroatoms. The van der Waals surface area contributed by atoms with Crippen LogP contribution in [0.4, 0.5) is 4.79 Å². The SMILES string of the molecule is CC(CCNC(=O)C(NC(=O)OCC1c2ccccc2-c2ccccc21)c1cnn(C)c1)C(=O)O. The minimum atomic E-state index is -1.03. The van der Waals surface area contributed by atoms with Gasteiger partial charge in [0.2, 0.25) is 5.91 Å². The van der Waals surface area contributed by atoms with Gasteiger partial charge < -0.3 is 20.5 Å². The molecule has 3 N–H and O–H groups in total. The molecule has 0 saturated carbocycles. The van der Waals surface area contributed by atoms with Crippen LogP contribution in [0.3, 0.4) is 0 Å². The molecular formula is C26H28N4O5. The Kier molecular flexibility index (Phi) is 7.14. The smallest absolute Gasteiger partial charge is 0.408 e. The van der Waals surface area contributed by atoms with E-state index in [2.05, 4.69) is 27.9 Å². The first kappa shape index (κ1) is 24.0. The van der Waals surface area contributed by atoms with E-state index < -0.39 is 29.9 Å². The molecule has 182 valence electrons. The van der Waals surface area contributed by atoms with Gasteiger partial charge in [0, 0.05) is 31.3 Å². The molecule has 0 bridgehead atoms. The van der Waals surface area contributed by atoms with Gasteiger partial charge in [0.25, 0.3) is 0 Å². The highest BCUT2D eigenvalue weighted by atomic mass is 16.5. The van der Waals surface area contributed by atoms with Crippen molar-refractivity contribution in [3.63, 3.8) is 0 Å². The fourth-order valence-electron chi connectivity index (χ4n) is 4.28. The standard InChI is InChI=1S/C26H28N4O5/c1-16(25(32)33)11-12-27-24(31)23(17-13-28-30(2)14-17)29-26(34)35-15-22-20-9-5-3-7-18(20)19-8-4-6-10-21(19)22/h3-10,13-14,16,22-23H,11-12,15H2,1-2H3,(H,27,31)(H,29,34)(H,32,33). The van der Waals surface area contributed by atoms with E-state index in [1.807, 2.05) is 36.4 Å². The van der Waals surface area contributed by atoms with Crippen molar-refractivity contribution in [1.29, 1.82) is 0 Å². The average Bonchev–Trinajstić information content (AvgIpc) is 3.42. The molecule has 0 aliphatic heterocycles. The molecule has 1 aliphatic carbocycles. The summed E-state index contributed by atoms with van der Waals surface area (Å²) in [5, 5.41) is 18.4. The number of carbonyl (C=O) groups is 3. The summed E-state index contributed by atoms with van der Waals surface area (Å²) in [6.45, 7) is 1.86. The van der Waals surface area contributed by atoms with Crippen LogP contribution < -0.4 is 10.6 Å². The first-order chi connectivity index (χ1) is 16.8. The third-order valence-electron chi connectivity index (χ3n) is 6.22. The number of nitrogens with one attached hydrogen (secondary N) is 2. The van der Waals surface area contributed by atoms with Gasteiger partial charge in [0.15, 0.2) is 0 Å². The van der Waals surface area contributed by atoms with Crippen molar-refractivity contribution in [2.75, 3.05) is 13.2 Å². The summed E-state index contributed by atoms with van der Waals surface area (Å²) >= 11 is 0. The maximum Gasteiger partial charge on any atom is 0.408 e. The summed E-state index contributed by atoms with van der Waals surface area (Å²) in [4.78, 5) is 36.6. The number of nitrogens with zero attached hydrogens (tertiary/aromatic N) is 2. The average molecular weight is 477 g/mol. The van der Waals surface area contributed by atoms with Crippen LogP contribution in [0, 0.1) is 5.92 Å². The molecule has 0 radical (unpaired) electrons. The lowest BCUT2D eigenvalue weighted by Crippen LogP contribution is -2.41. The Hall–Kier alpha value is -4.14. The van der Waals surface area contributed by atoms with E-state index in [9.17, 15) is 14.4 Å². The van der Waals surface area contributed by atoms with E-state index in [4.69, 9.17) is 9.84 Å². The molecule has 0 fully saturated rings. The van der Waals surface area contributed by atoms with Gasteiger partial charge in [-0.2, -0.15) is 5.10 Å². The van der Waals surface area contributed by atoms with Crippen LogP contribution in [0.25, 0.3) is 11.1 Å². The van der Waals surface area contributed by atoms with E-state index in [1.165, 1.54) is 10.9 Å². The van der Waals surface area contributed by atoms with Gasteiger partial charge in [-0.25, -0.2) is 4.79 Å². The summed E-state index contributed by atoms with van der Waals surface area (Å²) in [6, 6.07) is 15.1. The van der Waals surface area contributed by atoms with Crippen molar-refractivity contribution < 1.29 is 24.2 Å². The number of carboxylic acid groups (broad SMARTS) is 1. The van der Waals surface area contributed by atoms with Crippen molar-refractivity contribution in [3.8, 4) is 11.1 Å². The van der Waals surface area contributed by atoms with E-state index >= 15 is 0 Å². The minimum Gasteiger partial charge on any atom is -0.481 e. The lowest BCUT2D eigenvalue weighted by atomic mass is 9.98. The number of hydrogen-bond acceptors (Lipinski definition) is 5. The highest BCUT2D eigenvalue weighted by Gasteiger charge is 2.30. The number of carbonyl (C=O) groups excluding carboxylic acids is 2. The van der Waals surface area contributed by atoms with Crippen LogP contribution in [0.2, 0.25) is 0 Å². The van der Waals surface area contributed by atoms with Crippen LogP contribution >= 0.6 is 0 Å². The second kappa shape index (κ2) is 10.4. The maximum atomic E-state index is 12.9. The molecule has 1 aliphatic rings. The summed E-state index contributed by atoms with van der Waals surface area (Å²) in [5.41, 5.74) is 4.93. The molecule has 35 heavy (non-hydrogen) atoms. The summed E-state index contributed by atoms with van der Waals surface area (Å²) in [5.74, 6) is -2.09. The van der Waals surface area contributed by atoms with E-state index in [-0.39, 0.29) is 25.5 Å². The fraction of sp³-hybridized carbons (Fsp3) is 0.308. The monoisotopic (exact) mass is 476 g/mol. The Morgan fingerprint density at radius 1 is 1.09 bits per heavy atom. The summed E-state index contributed by atoms with van der Waals surface area (Å²) in [7, 11) is 1.71. The number of carboxylic acids is 1. The molecule has 0 saturated heterocycles. The topological polar surface area (TPSA) is 123 Å². The third kappa shape index (κ3) is 5.34. The normalized spacial score (nSPS) is 13.9. The van der Waals surface area contributed by atoms with Gasteiger partial charge in [-0.05, 0) is 28.7 Å². The van der Waals surface area contributed by atoms with Crippen LogP contribution in [-0.4, -0.2) is 46.0 Å². The molecule has 1 heterocycles. The fourth-order valence-corrected chi connectivity index (χ4v) is 4.28. The minimum absolute atomic E-state index is 0.101. The number of rotatable bonds is 9. The number of hydrogen-bond donors (Lipinski definition) is 3. The van der Waals surface area contributed by atoms with Crippen LogP contribution in [0.1, 0.15) is 42.0 Å². The first-order valence-electron chi connectivity index (χ1n) is 11.5. The van der Waals surface area contributed by atoms with Gasteiger partial charge >= 0.3 is 12.1 Å². The van der Waals surface area contributed by atoms with Crippen LogP contribution in [0.15, 0.2) is 60.9 Å². The summed E-state index contributed by atoms with van der Waals surface area (Å²) < 4.78 is 7.12. The lowest BCUT2D eigenvalue weighted by molar-refractivity contribution is -0.141. The molecular weight excluding hydrogens is 448 g/mol. The van der Waals surface area contributed by atoms with Crippen molar-refractivity contribution in [2.45, 2.75) is 25.3 Å². The number of aliphatic carboxylic acids is 1. The molecule has 2 unspecified atom stereocenters. The predicted octanol–water partition coefficient (Wildman–Crippen LogP) is 3.23. The zero-order valence-corrected chi connectivity index (χ0v) is 19.6. The first-order valence-corrected chi connectivity index (χ1v) is 11.5. The lowest BCUT2D eigenvalue weighted by Gasteiger charge is -2.19. The number of amides is 2. The Morgan fingerprint density at radius 2 is 1.71 bits per heavy atom. The van der Waals surface area contributed by atoms with Crippen molar-refractivity contribution in [2.24, 2.45) is 13.0 Å². The van der Waals surface area contributed by atoms with Crippen molar-refractivity contribution in [3.05, 3.63) is 77.6 Å². The molecule has 1 aromatic heterocycles. The summed E-state index contributed by atoms with van der Waals surface area (Å²) in [6.07, 6.45) is 2.67. The number of fused-ring (bicyclic) bond motifs is 3. The van der Waals surface area contributed by atoms with Crippen LogP contribution in [-0.2, 0) is 21.4 Å². The number of benzene rings is 2. The van der Waals surface area contributed by atoms with Gasteiger partial charge in [0.1, 0.15) is 12.6 Å². The highest BCUT2D eigenvalue weighted by Crippen LogP contribution is 2.44. The highest BCUT2D eigenvalue weighted by molar-refractivity contribution is 5.87. The molecule has 2 atom stereocenters. The van der Waals surface area contributed by atoms with E-state index in [0.29, 0.717) is 5.56 Å². The zero-order valence-electron chi connectivity index (χ0n) is 19.6. The molecule has 0 spiro atoms. The maximum absolute atomic E-state index is 12.9. The zero-order chi connectivity index (χ0) is 24.9. The predicted molar refractivity (Wildman–Crippen MR) is 129 cm³/mol. The van der Waals surface area contributed by atoms with Crippen molar-refractivity contribution >= 4 is 18.0 Å². The third-order valence-corrected chi connectivity index (χ3v) is 6.22. The second-order valence-electron chi connectivity index (χ2n) is 8.67. The number of alkyl carbamates (subject to hydrolysis) is 1. The molecule has 3 aromatic rings. The molecule has 4 rings (SSSR count). The van der Waals surface area contributed by atoms with Gasteiger partial charge in [-0.3, -0.25) is 14.3 Å². The molecule has 2 amide bonds. The van der Waals surface area contributed by atoms with Crippen molar-refractivity contribution in [1.82, 2.24) is 20.4 Å². The Bertz CT molecular complexity index is 1190. The number of ether oxygens (including phenoxy) is 1. The Balaban J connectivity index is 1.42. The number of aryl methyl sites for hydroxylation is 1. The van der Waals surface area contributed by atoms with Gasteiger partial charge in [-0.1, -0.05) is 55.5 Å². The molecule has 2 aromatic carbocycles. The van der Waals surface area contributed by atoms with Gasteiger partial charge in [-0.15, -0.1) is 0 Å². The number of aromatic nitrogens is 2. The second-order valence-corrected chi connectivity index (χ2v) is 8.67. The van der Waals surface area contributed by atoms with Crippen LogP contribution in [0.5, 0.6) is 0 Å². The molecule has 9 nitrogen and oxygen atoms in total. The van der Waals surface area contributed by atoms with E-state index in [0.717, 1.165) is 22.3 Å². The van der Waals surface area contributed by atoms with Gasteiger partial charge in [0.05, 0.1) is 12.1 Å².